The minimum atomic E-state index is -3.68. The van der Waals surface area contributed by atoms with Gasteiger partial charge in [-0.1, -0.05) is 18.2 Å². The molecule has 0 saturated heterocycles. The Labute approximate surface area is 133 Å². The normalized spacial score (nSPS) is 11.4. The van der Waals surface area contributed by atoms with Crippen LogP contribution in [0, 0.1) is 13.8 Å². The number of primary sulfonamides is 1. The van der Waals surface area contributed by atoms with Gasteiger partial charge in [0, 0.05) is 16.7 Å². The van der Waals surface area contributed by atoms with E-state index in [1.54, 1.807) is 6.07 Å². The summed E-state index contributed by atoms with van der Waals surface area (Å²) < 4.78 is 23.3. The van der Waals surface area contributed by atoms with Gasteiger partial charge in [0.2, 0.25) is 10.0 Å². The summed E-state index contributed by atoms with van der Waals surface area (Å²) in [6.07, 6.45) is 0. The summed E-state index contributed by atoms with van der Waals surface area (Å²) in [4.78, 5) is 0.0895. The monoisotopic (exact) mass is 368 g/mol. The first-order valence-corrected chi connectivity index (χ1v) is 8.74. The van der Waals surface area contributed by atoms with Crippen LogP contribution in [0.4, 0.5) is 5.69 Å². The maximum Gasteiger partial charge on any atom is 0.238 e. The highest BCUT2D eigenvalue weighted by Crippen LogP contribution is 2.26. The van der Waals surface area contributed by atoms with Gasteiger partial charge in [0.15, 0.2) is 0 Å². The van der Waals surface area contributed by atoms with Gasteiger partial charge < -0.3 is 5.32 Å². The predicted molar refractivity (Wildman–Crippen MR) is 88.8 cm³/mol. The van der Waals surface area contributed by atoms with Gasteiger partial charge in [-0.05, 0) is 64.7 Å². The molecule has 0 aliphatic heterocycles. The third-order valence-electron chi connectivity index (χ3n) is 3.46. The number of anilines is 1. The zero-order chi connectivity index (χ0) is 15.6. The minimum absolute atomic E-state index is 0.0895. The first-order valence-electron chi connectivity index (χ1n) is 6.40. The van der Waals surface area contributed by atoms with E-state index in [9.17, 15) is 8.42 Å². The zero-order valence-corrected chi connectivity index (χ0v) is 14.3. The number of rotatable bonds is 4. The van der Waals surface area contributed by atoms with Gasteiger partial charge in [-0.15, -0.1) is 0 Å². The number of aryl methyl sites for hydroxylation is 1. The largest absolute Gasteiger partial charge is 0.380 e. The predicted octanol–water partition coefficient (Wildman–Crippen LogP) is 3.33. The third-order valence-corrected chi connectivity index (χ3v) is 5.02. The average molecular weight is 369 g/mol. The first-order chi connectivity index (χ1) is 9.79. The van der Waals surface area contributed by atoms with Gasteiger partial charge >= 0.3 is 0 Å². The SMILES string of the molecule is Cc1cccc(CNc2ccc(S(N)(=O)=O)cc2Br)c1C. The van der Waals surface area contributed by atoms with Crippen LogP contribution < -0.4 is 10.5 Å². The molecule has 0 heterocycles. The summed E-state index contributed by atoms with van der Waals surface area (Å²) >= 11 is 3.36. The molecule has 2 rings (SSSR count). The number of sulfonamides is 1. The van der Waals surface area contributed by atoms with E-state index in [1.807, 2.05) is 6.07 Å². The standard InChI is InChI=1S/C15H17BrN2O2S/c1-10-4-3-5-12(11(10)2)9-18-15-7-6-13(8-14(15)16)21(17,19)20/h3-8,18H,9H2,1-2H3,(H2,17,19,20). The second kappa shape index (κ2) is 6.17. The Morgan fingerprint density at radius 2 is 1.90 bits per heavy atom. The summed E-state index contributed by atoms with van der Waals surface area (Å²) in [7, 11) is -3.68. The van der Waals surface area contributed by atoms with E-state index < -0.39 is 10.0 Å². The third kappa shape index (κ3) is 3.84. The molecule has 0 fully saturated rings. The highest BCUT2D eigenvalue weighted by Gasteiger charge is 2.10. The van der Waals surface area contributed by atoms with Crippen molar-refractivity contribution in [3.05, 3.63) is 57.6 Å². The molecule has 21 heavy (non-hydrogen) atoms. The molecule has 112 valence electrons. The number of hydrogen-bond acceptors (Lipinski definition) is 3. The lowest BCUT2D eigenvalue weighted by atomic mass is 10.0. The molecule has 3 N–H and O–H groups in total. The smallest absolute Gasteiger partial charge is 0.238 e. The van der Waals surface area contributed by atoms with Gasteiger partial charge in [0.25, 0.3) is 0 Å². The number of halogens is 1. The van der Waals surface area contributed by atoms with E-state index in [2.05, 4.69) is 47.2 Å². The summed E-state index contributed by atoms with van der Waals surface area (Å²) in [5, 5.41) is 8.40. The van der Waals surface area contributed by atoms with E-state index in [1.165, 1.54) is 28.8 Å². The fraction of sp³-hybridized carbons (Fsp3) is 0.200. The molecular weight excluding hydrogens is 352 g/mol. The summed E-state index contributed by atoms with van der Waals surface area (Å²) in [5.41, 5.74) is 4.53. The van der Waals surface area contributed by atoms with E-state index in [0.717, 1.165) is 5.69 Å². The van der Waals surface area contributed by atoms with E-state index in [-0.39, 0.29) is 4.90 Å². The molecule has 0 spiro atoms. The van der Waals surface area contributed by atoms with Crippen LogP contribution in [0.15, 0.2) is 45.8 Å². The molecule has 4 nitrogen and oxygen atoms in total. The lowest BCUT2D eigenvalue weighted by Crippen LogP contribution is -2.12. The van der Waals surface area contributed by atoms with Crippen molar-refractivity contribution in [3.63, 3.8) is 0 Å². The lowest BCUT2D eigenvalue weighted by molar-refractivity contribution is 0.598. The minimum Gasteiger partial charge on any atom is -0.380 e. The topological polar surface area (TPSA) is 72.2 Å². The molecule has 0 aliphatic rings. The summed E-state index contributed by atoms with van der Waals surface area (Å²) in [5.74, 6) is 0. The Kier molecular flexibility index (Phi) is 4.70. The molecule has 0 bridgehead atoms. The highest BCUT2D eigenvalue weighted by molar-refractivity contribution is 9.10. The van der Waals surface area contributed by atoms with Crippen molar-refractivity contribution in [2.24, 2.45) is 5.14 Å². The molecule has 0 aliphatic carbocycles. The van der Waals surface area contributed by atoms with Gasteiger partial charge in [-0.25, -0.2) is 13.6 Å². The van der Waals surface area contributed by atoms with Crippen molar-refractivity contribution >= 4 is 31.6 Å². The Balaban J connectivity index is 2.19. The average Bonchev–Trinajstić information content (AvgIpc) is 2.40. The van der Waals surface area contributed by atoms with E-state index >= 15 is 0 Å². The lowest BCUT2D eigenvalue weighted by Gasteiger charge is -2.12. The molecule has 0 aromatic heterocycles. The number of nitrogens with one attached hydrogen (secondary N) is 1. The fourth-order valence-electron chi connectivity index (χ4n) is 2.01. The zero-order valence-electron chi connectivity index (χ0n) is 11.9. The quantitative estimate of drug-likeness (QED) is 0.869. The summed E-state index contributed by atoms with van der Waals surface area (Å²) in [6, 6.07) is 10.9. The van der Waals surface area contributed by atoms with Crippen molar-refractivity contribution in [3.8, 4) is 0 Å². The molecular formula is C15H17BrN2O2S. The van der Waals surface area contributed by atoms with Crippen LogP contribution in [0.5, 0.6) is 0 Å². The second-order valence-electron chi connectivity index (χ2n) is 4.90. The highest BCUT2D eigenvalue weighted by atomic mass is 79.9. The van der Waals surface area contributed by atoms with Gasteiger partial charge in [-0.2, -0.15) is 0 Å². The number of hydrogen-bond donors (Lipinski definition) is 2. The van der Waals surface area contributed by atoms with Crippen molar-refractivity contribution in [2.45, 2.75) is 25.3 Å². The molecule has 0 radical (unpaired) electrons. The van der Waals surface area contributed by atoms with Crippen molar-refractivity contribution in [1.82, 2.24) is 0 Å². The Morgan fingerprint density at radius 1 is 1.19 bits per heavy atom. The van der Waals surface area contributed by atoms with Crippen LogP contribution in [-0.2, 0) is 16.6 Å². The van der Waals surface area contributed by atoms with Crippen molar-refractivity contribution in [1.29, 1.82) is 0 Å². The molecule has 0 atom stereocenters. The molecule has 6 heteroatoms. The fourth-order valence-corrected chi connectivity index (χ4v) is 3.22. The Morgan fingerprint density at radius 3 is 2.52 bits per heavy atom. The van der Waals surface area contributed by atoms with Crippen LogP contribution in [0.25, 0.3) is 0 Å². The molecule has 0 saturated carbocycles. The van der Waals surface area contributed by atoms with E-state index in [4.69, 9.17) is 5.14 Å². The van der Waals surface area contributed by atoms with Gasteiger partial charge in [-0.3, -0.25) is 0 Å². The maximum absolute atomic E-state index is 11.3. The Bertz CT molecular complexity index is 773. The van der Waals surface area contributed by atoms with Crippen LogP contribution >= 0.6 is 15.9 Å². The van der Waals surface area contributed by atoms with Crippen LogP contribution in [-0.4, -0.2) is 8.42 Å². The number of nitrogens with two attached hydrogens (primary N) is 1. The first kappa shape index (κ1) is 16.0. The van der Waals surface area contributed by atoms with Crippen LogP contribution in [0.1, 0.15) is 16.7 Å². The molecule has 2 aromatic rings. The molecule has 0 unspecified atom stereocenters. The maximum atomic E-state index is 11.3. The van der Waals surface area contributed by atoms with Gasteiger partial charge in [0.05, 0.1) is 4.90 Å². The van der Waals surface area contributed by atoms with Gasteiger partial charge in [0.1, 0.15) is 0 Å². The number of benzene rings is 2. The molecule has 0 amide bonds. The van der Waals surface area contributed by atoms with E-state index in [0.29, 0.717) is 11.0 Å². The van der Waals surface area contributed by atoms with Crippen molar-refractivity contribution in [2.75, 3.05) is 5.32 Å². The van der Waals surface area contributed by atoms with Crippen LogP contribution in [0.2, 0.25) is 0 Å². The van der Waals surface area contributed by atoms with Crippen molar-refractivity contribution < 1.29 is 8.42 Å². The summed E-state index contributed by atoms with van der Waals surface area (Å²) in [6.45, 7) is 4.84. The Hall–Kier alpha value is -1.37. The second-order valence-corrected chi connectivity index (χ2v) is 7.32. The molecule has 2 aromatic carbocycles. The van der Waals surface area contributed by atoms with Crippen LogP contribution in [0.3, 0.4) is 0 Å².